The zero-order chi connectivity index (χ0) is 15.9. The van der Waals surface area contributed by atoms with E-state index in [1.807, 2.05) is 44.2 Å². The first kappa shape index (κ1) is 16.1. The molecule has 1 amide bonds. The molecule has 1 aromatic carbocycles. The van der Waals surface area contributed by atoms with Gasteiger partial charge < -0.3 is 9.73 Å². The van der Waals surface area contributed by atoms with Crippen LogP contribution in [0.3, 0.4) is 0 Å². The van der Waals surface area contributed by atoms with E-state index in [-0.39, 0.29) is 5.91 Å². The molecule has 1 heterocycles. The normalized spacial score (nSPS) is 11.0. The maximum Gasteiger partial charge on any atom is 0.259 e. The third-order valence-electron chi connectivity index (χ3n) is 3.58. The SMILES string of the molecule is CCCC/C=C/c1cc(C(=O)Nc2ccccc2C)c(C)o1. The summed E-state index contributed by atoms with van der Waals surface area (Å²) in [5.41, 5.74) is 2.45. The van der Waals surface area contributed by atoms with Crippen molar-refractivity contribution >= 4 is 17.7 Å². The van der Waals surface area contributed by atoms with Crippen LogP contribution in [0.4, 0.5) is 5.69 Å². The Labute approximate surface area is 132 Å². The third kappa shape index (κ3) is 4.10. The van der Waals surface area contributed by atoms with Crippen molar-refractivity contribution in [3.05, 3.63) is 59.1 Å². The van der Waals surface area contributed by atoms with E-state index in [0.29, 0.717) is 11.3 Å². The monoisotopic (exact) mass is 297 g/mol. The Morgan fingerprint density at radius 2 is 2.05 bits per heavy atom. The standard InChI is InChI=1S/C19H23NO2/c1-4-5-6-7-11-16-13-17(15(3)22-16)19(21)20-18-12-9-8-10-14(18)2/h7-13H,4-6H2,1-3H3,(H,20,21)/b11-7+. The van der Waals surface area contributed by atoms with Crippen LogP contribution in [0.1, 0.15) is 53.6 Å². The molecular weight excluding hydrogens is 274 g/mol. The number of amides is 1. The molecule has 1 aromatic heterocycles. The van der Waals surface area contributed by atoms with Crippen LogP contribution in [0.25, 0.3) is 6.08 Å². The molecule has 0 fully saturated rings. The lowest BCUT2D eigenvalue weighted by molar-refractivity contribution is 0.102. The lowest BCUT2D eigenvalue weighted by Gasteiger charge is -2.06. The largest absolute Gasteiger partial charge is 0.461 e. The summed E-state index contributed by atoms with van der Waals surface area (Å²) in [5, 5.41) is 2.93. The van der Waals surface area contributed by atoms with E-state index in [0.717, 1.165) is 29.9 Å². The molecule has 0 aliphatic carbocycles. The predicted octanol–water partition coefficient (Wildman–Crippen LogP) is 5.35. The number of para-hydroxylation sites is 1. The Morgan fingerprint density at radius 1 is 1.27 bits per heavy atom. The third-order valence-corrected chi connectivity index (χ3v) is 3.58. The molecule has 0 spiro atoms. The molecule has 0 aliphatic heterocycles. The summed E-state index contributed by atoms with van der Waals surface area (Å²) in [6.45, 7) is 5.95. The van der Waals surface area contributed by atoms with Crippen LogP contribution < -0.4 is 5.32 Å². The van der Waals surface area contributed by atoms with Crippen molar-refractivity contribution in [2.45, 2.75) is 40.0 Å². The fourth-order valence-corrected chi connectivity index (χ4v) is 2.24. The maximum atomic E-state index is 12.4. The molecule has 0 unspecified atom stereocenters. The fourth-order valence-electron chi connectivity index (χ4n) is 2.24. The summed E-state index contributed by atoms with van der Waals surface area (Å²) >= 11 is 0. The minimum Gasteiger partial charge on any atom is -0.461 e. The lowest BCUT2D eigenvalue weighted by atomic mass is 10.1. The summed E-state index contributed by atoms with van der Waals surface area (Å²) < 4.78 is 5.64. The van der Waals surface area contributed by atoms with Gasteiger partial charge in [-0.3, -0.25) is 4.79 Å². The molecule has 22 heavy (non-hydrogen) atoms. The number of benzene rings is 1. The van der Waals surface area contributed by atoms with Gasteiger partial charge in [0.2, 0.25) is 0 Å². The zero-order valence-electron chi connectivity index (χ0n) is 13.5. The summed E-state index contributed by atoms with van der Waals surface area (Å²) in [4.78, 5) is 12.4. The number of carbonyl (C=O) groups is 1. The van der Waals surface area contributed by atoms with Gasteiger partial charge in [-0.05, 0) is 44.0 Å². The molecule has 2 aromatic rings. The van der Waals surface area contributed by atoms with Crippen molar-refractivity contribution in [2.24, 2.45) is 0 Å². The van der Waals surface area contributed by atoms with Gasteiger partial charge >= 0.3 is 0 Å². The molecule has 0 saturated heterocycles. The number of hydrogen-bond acceptors (Lipinski definition) is 2. The highest BCUT2D eigenvalue weighted by atomic mass is 16.3. The van der Waals surface area contributed by atoms with Gasteiger partial charge in [0, 0.05) is 5.69 Å². The molecule has 1 N–H and O–H groups in total. The first-order valence-electron chi connectivity index (χ1n) is 7.75. The Balaban J connectivity index is 2.09. The van der Waals surface area contributed by atoms with E-state index in [9.17, 15) is 4.79 Å². The Morgan fingerprint density at radius 3 is 2.77 bits per heavy atom. The first-order chi connectivity index (χ1) is 10.6. The van der Waals surface area contributed by atoms with E-state index in [1.54, 1.807) is 6.07 Å². The van der Waals surface area contributed by atoms with Crippen LogP contribution in [0.2, 0.25) is 0 Å². The van der Waals surface area contributed by atoms with E-state index in [4.69, 9.17) is 4.42 Å². The van der Waals surface area contributed by atoms with Gasteiger partial charge in [-0.25, -0.2) is 0 Å². The lowest BCUT2D eigenvalue weighted by Crippen LogP contribution is -2.12. The molecule has 3 heteroatoms. The number of anilines is 1. The van der Waals surface area contributed by atoms with Gasteiger partial charge in [0.15, 0.2) is 0 Å². The molecule has 0 bridgehead atoms. The number of rotatable bonds is 6. The molecule has 0 saturated carbocycles. The Hall–Kier alpha value is -2.29. The van der Waals surface area contributed by atoms with Gasteiger partial charge in [0.1, 0.15) is 11.5 Å². The maximum absolute atomic E-state index is 12.4. The second-order valence-electron chi connectivity index (χ2n) is 5.43. The van der Waals surface area contributed by atoms with E-state index in [2.05, 4.69) is 18.3 Å². The minimum atomic E-state index is -0.135. The molecule has 0 atom stereocenters. The second kappa shape index (κ2) is 7.64. The van der Waals surface area contributed by atoms with E-state index < -0.39 is 0 Å². The topological polar surface area (TPSA) is 42.2 Å². The number of aryl methyl sites for hydroxylation is 2. The molecule has 0 radical (unpaired) electrons. The predicted molar refractivity (Wildman–Crippen MR) is 91.1 cm³/mol. The smallest absolute Gasteiger partial charge is 0.259 e. The quantitative estimate of drug-likeness (QED) is 0.730. The van der Waals surface area contributed by atoms with Crippen LogP contribution in [-0.4, -0.2) is 5.91 Å². The average Bonchev–Trinajstić information content (AvgIpc) is 2.87. The van der Waals surface area contributed by atoms with Gasteiger partial charge in [0.05, 0.1) is 5.56 Å². The van der Waals surface area contributed by atoms with E-state index >= 15 is 0 Å². The minimum absolute atomic E-state index is 0.135. The van der Waals surface area contributed by atoms with Crippen LogP contribution in [0, 0.1) is 13.8 Å². The molecular formula is C19H23NO2. The number of hydrogen-bond donors (Lipinski definition) is 1. The molecule has 2 rings (SSSR count). The van der Waals surface area contributed by atoms with Gasteiger partial charge in [-0.15, -0.1) is 0 Å². The van der Waals surface area contributed by atoms with Crippen molar-refractivity contribution < 1.29 is 9.21 Å². The van der Waals surface area contributed by atoms with Crippen LogP contribution >= 0.6 is 0 Å². The van der Waals surface area contributed by atoms with Gasteiger partial charge in [0.25, 0.3) is 5.91 Å². The zero-order valence-corrected chi connectivity index (χ0v) is 13.5. The first-order valence-corrected chi connectivity index (χ1v) is 7.75. The molecule has 116 valence electrons. The second-order valence-corrected chi connectivity index (χ2v) is 5.43. The highest BCUT2D eigenvalue weighted by Gasteiger charge is 2.14. The number of carbonyl (C=O) groups excluding carboxylic acids is 1. The summed E-state index contributed by atoms with van der Waals surface area (Å²) in [7, 11) is 0. The number of allylic oxidation sites excluding steroid dienone is 1. The highest BCUT2D eigenvalue weighted by molar-refractivity contribution is 6.05. The van der Waals surface area contributed by atoms with Gasteiger partial charge in [-0.1, -0.05) is 44.0 Å². The van der Waals surface area contributed by atoms with Crippen LogP contribution in [0.5, 0.6) is 0 Å². The number of nitrogens with one attached hydrogen (secondary N) is 1. The average molecular weight is 297 g/mol. The summed E-state index contributed by atoms with van der Waals surface area (Å²) in [5.74, 6) is 1.23. The fraction of sp³-hybridized carbons (Fsp3) is 0.316. The summed E-state index contributed by atoms with van der Waals surface area (Å²) in [6, 6.07) is 9.53. The highest BCUT2D eigenvalue weighted by Crippen LogP contribution is 2.20. The van der Waals surface area contributed by atoms with Crippen molar-refractivity contribution in [3.8, 4) is 0 Å². The van der Waals surface area contributed by atoms with Gasteiger partial charge in [-0.2, -0.15) is 0 Å². The number of unbranched alkanes of at least 4 members (excludes halogenated alkanes) is 2. The Bertz CT molecular complexity index is 668. The van der Waals surface area contributed by atoms with Crippen molar-refractivity contribution in [1.29, 1.82) is 0 Å². The van der Waals surface area contributed by atoms with Crippen molar-refractivity contribution in [3.63, 3.8) is 0 Å². The number of furan rings is 1. The summed E-state index contributed by atoms with van der Waals surface area (Å²) in [6.07, 6.45) is 7.39. The molecule has 0 aliphatic rings. The van der Waals surface area contributed by atoms with Crippen LogP contribution in [0.15, 0.2) is 40.8 Å². The van der Waals surface area contributed by atoms with Crippen LogP contribution in [-0.2, 0) is 0 Å². The van der Waals surface area contributed by atoms with Crippen molar-refractivity contribution in [2.75, 3.05) is 5.32 Å². The van der Waals surface area contributed by atoms with Crippen molar-refractivity contribution in [1.82, 2.24) is 0 Å². The molecule has 3 nitrogen and oxygen atoms in total. The Kier molecular flexibility index (Phi) is 5.59. The van der Waals surface area contributed by atoms with E-state index in [1.165, 1.54) is 6.42 Å².